The maximum absolute atomic E-state index is 12.3. The standard InChI is InChI=1S/C13H14F3NO3/c14-13(15,16)20-11-4-2-1-3-8(11)9-7-10(9)12(19)17-5-6-18/h1-4,9-10,18H,5-7H2,(H,17,19). The number of nitrogens with one attached hydrogen (secondary N) is 1. The number of amides is 1. The van der Waals surface area contributed by atoms with Gasteiger partial charge in [-0.3, -0.25) is 4.79 Å². The van der Waals surface area contributed by atoms with Gasteiger partial charge >= 0.3 is 6.36 Å². The number of halogens is 3. The fraction of sp³-hybridized carbons (Fsp3) is 0.462. The van der Waals surface area contributed by atoms with Crippen molar-refractivity contribution in [2.75, 3.05) is 13.2 Å². The molecule has 0 saturated heterocycles. The van der Waals surface area contributed by atoms with Crippen LogP contribution < -0.4 is 10.1 Å². The number of aliphatic hydroxyl groups is 1. The first-order chi connectivity index (χ1) is 9.42. The Morgan fingerprint density at radius 2 is 2.10 bits per heavy atom. The van der Waals surface area contributed by atoms with E-state index in [1.165, 1.54) is 18.2 Å². The second-order valence-electron chi connectivity index (χ2n) is 4.55. The van der Waals surface area contributed by atoms with Crippen molar-refractivity contribution in [1.82, 2.24) is 5.32 Å². The molecular formula is C13H14F3NO3. The summed E-state index contributed by atoms with van der Waals surface area (Å²) in [6.45, 7) is -0.0281. The van der Waals surface area contributed by atoms with E-state index in [2.05, 4.69) is 10.1 Å². The van der Waals surface area contributed by atoms with E-state index in [0.717, 1.165) is 0 Å². The van der Waals surface area contributed by atoms with Crippen LogP contribution in [0.5, 0.6) is 5.75 Å². The lowest BCUT2D eigenvalue weighted by Gasteiger charge is -2.13. The van der Waals surface area contributed by atoms with E-state index in [9.17, 15) is 18.0 Å². The number of hydrogen-bond acceptors (Lipinski definition) is 3. The molecule has 0 aliphatic heterocycles. The summed E-state index contributed by atoms with van der Waals surface area (Å²) in [4.78, 5) is 11.7. The van der Waals surface area contributed by atoms with Crippen LogP contribution in [0.1, 0.15) is 17.9 Å². The van der Waals surface area contributed by atoms with Crippen molar-refractivity contribution >= 4 is 5.91 Å². The highest BCUT2D eigenvalue weighted by Crippen LogP contribution is 2.50. The van der Waals surface area contributed by atoms with E-state index in [4.69, 9.17) is 5.11 Å². The van der Waals surface area contributed by atoms with Gasteiger partial charge in [0.1, 0.15) is 5.75 Å². The highest BCUT2D eigenvalue weighted by molar-refractivity contribution is 5.83. The summed E-state index contributed by atoms with van der Waals surface area (Å²) < 4.78 is 40.9. The number of rotatable bonds is 5. The van der Waals surface area contributed by atoms with Gasteiger partial charge in [-0.2, -0.15) is 0 Å². The van der Waals surface area contributed by atoms with Crippen LogP contribution in [0.15, 0.2) is 24.3 Å². The molecule has 2 atom stereocenters. The summed E-state index contributed by atoms with van der Waals surface area (Å²) >= 11 is 0. The molecule has 4 nitrogen and oxygen atoms in total. The molecule has 1 saturated carbocycles. The van der Waals surface area contributed by atoms with E-state index >= 15 is 0 Å². The van der Waals surface area contributed by atoms with Crippen molar-refractivity contribution in [1.29, 1.82) is 0 Å². The SMILES string of the molecule is O=C(NCCO)C1CC1c1ccccc1OC(F)(F)F. The van der Waals surface area contributed by atoms with Gasteiger partial charge in [-0.15, -0.1) is 13.2 Å². The Bertz CT molecular complexity index is 490. The molecular weight excluding hydrogens is 275 g/mol. The van der Waals surface area contributed by atoms with Crippen molar-refractivity contribution in [2.24, 2.45) is 5.92 Å². The first kappa shape index (κ1) is 14.6. The number of carbonyl (C=O) groups excluding carboxylic acids is 1. The van der Waals surface area contributed by atoms with E-state index in [0.29, 0.717) is 12.0 Å². The summed E-state index contributed by atoms with van der Waals surface area (Å²) in [6.07, 6.45) is -4.27. The topological polar surface area (TPSA) is 58.6 Å². The van der Waals surface area contributed by atoms with Crippen LogP contribution in [-0.4, -0.2) is 30.5 Å². The Morgan fingerprint density at radius 3 is 2.75 bits per heavy atom. The summed E-state index contributed by atoms with van der Waals surface area (Å²) in [5.41, 5.74) is 0.383. The van der Waals surface area contributed by atoms with Crippen LogP contribution in [0.2, 0.25) is 0 Å². The average molecular weight is 289 g/mol. The fourth-order valence-corrected chi connectivity index (χ4v) is 2.14. The first-order valence-corrected chi connectivity index (χ1v) is 6.15. The molecule has 0 heterocycles. The molecule has 1 amide bonds. The summed E-state index contributed by atoms with van der Waals surface area (Å²) in [6, 6.07) is 5.84. The Hall–Kier alpha value is -1.76. The molecule has 1 aliphatic rings. The maximum atomic E-state index is 12.3. The van der Waals surface area contributed by atoms with Gasteiger partial charge in [-0.05, 0) is 24.0 Å². The molecule has 1 fully saturated rings. The van der Waals surface area contributed by atoms with Gasteiger partial charge < -0.3 is 15.2 Å². The molecule has 0 spiro atoms. The third kappa shape index (κ3) is 3.63. The fourth-order valence-electron chi connectivity index (χ4n) is 2.14. The number of alkyl halides is 3. The van der Waals surface area contributed by atoms with Crippen LogP contribution in [0.3, 0.4) is 0 Å². The number of para-hydroxylation sites is 1. The maximum Gasteiger partial charge on any atom is 0.573 e. The van der Waals surface area contributed by atoms with Crippen LogP contribution in [-0.2, 0) is 4.79 Å². The normalized spacial score (nSPS) is 21.4. The second-order valence-corrected chi connectivity index (χ2v) is 4.55. The predicted octanol–water partition coefficient (Wildman–Crippen LogP) is 1.80. The molecule has 1 aliphatic carbocycles. The van der Waals surface area contributed by atoms with Crippen LogP contribution in [0, 0.1) is 5.92 Å². The van der Waals surface area contributed by atoms with E-state index < -0.39 is 6.36 Å². The molecule has 20 heavy (non-hydrogen) atoms. The smallest absolute Gasteiger partial charge is 0.405 e. The minimum atomic E-state index is -4.75. The Balaban J connectivity index is 2.06. The van der Waals surface area contributed by atoms with Gasteiger partial charge in [0.25, 0.3) is 0 Å². The van der Waals surface area contributed by atoms with Crippen LogP contribution in [0.4, 0.5) is 13.2 Å². The number of hydrogen-bond donors (Lipinski definition) is 2. The predicted molar refractivity (Wildman–Crippen MR) is 64.1 cm³/mol. The number of aliphatic hydroxyl groups excluding tert-OH is 1. The first-order valence-electron chi connectivity index (χ1n) is 6.15. The highest BCUT2D eigenvalue weighted by atomic mass is 19.4. The van der Waals surface area contributed by atoms with Gasteiger partial charge in [0.15, 0.2) is 0 Å². The monoisotopic (exact) mass is 289 g/mol. The van der Waals surface area contributed by atoms with Crippen molar-refractivity contribution in [3.05, 3.63) is 29.8 Å². The van der Waals surface area contributed by atoms with Gasteiger partial charge in [-0.1, -0.05) is 18.2 Å². The number of benzene rings is 1. The van der Waals surface area contributed by atoms with Gasteiger partial charge in [0, 0.05) is 12.5 Å². The molecule has 2 N–H and O–H groups in total. The minimum Gasteiger partial charge on any atom is -0.405 e. The zero-order valence-electron chi connectivity index (χ0n) is 10.5. The lowest BCUT2D eigenvalue weighted by molar-refractivity contribution is -0.274. The zero-order valence-corrected chi connectivity index (χ0v) is 10.5. The molecule has 2 rings (SSSR count). The Labute approximate surface area is 113 Å². The zero-order chi connectivity index (χ0) is 14.8. The van der Waals surface area contributed by atoms with E-state index in [-0.39, 0.29) is 36.6 Å². The van der Waals surface area contributed by atoms with Crippen molar-refractivity contribution in [3.63, 3.8) is 0 Å². The third-order valence-corrected chi connectivity index (χ3v) is 3.08. The summed E-state index contributed by atoms with van der Waals surface area (Å²) in [5.74, 6) is -1.15. The van der Waals surface area contributed by atoms with Crippen LogP contribution in [0.25, 0.3) is 0 Å². The molecule has 0 bridgehead atoms. The quantitative estimate of drug-likeness (QED) is 0.869. The largest absolute Gasteiger partial charge is 0.573 e. The van der Waals surface area contributed by atoms with Gasteiger partial charge in [0.05, 0.1) is 6.61 Å². The molecule has 110 valence electrons. The van der Waals surface area contributed by atoms with E-state index in [1.54, 1.807) is 6.07 Å². The average Bonchev–Trinajstić information content (AvgIpc) is 3.15. The van der Waals surface area contributed by atoms with Gasteiger partial charge in [-0.25, -0.2) is 0 Å². The minimum absolute atomic E-state index is 0.142. The molecule has 1 aromatic carbocycles. The highest BCUT2D eigenvalue weighted by Gasteiger charge is 2.46. The van der Waals surface area contributed by atoms with Crippen molar-refractivity contribution < 1.29 is 27.8 Å². The molecule has 7 heteroatoms. The van der Waals surface area contributed by atoms with Crippen LogP contribution >= 0.6 is 0 Å². The van der Waals surface area contributed by atoms with Crippen molar-refractivity contribution in [2.45, 2.75) is 18.7 Å². The van der Waals surface area contributed by atoms with E-state index in [1.807, 2.05) is 0 Å². The summed E-state index contributed by atoms with van der Waals surface area (Å²) in [5, 5.41) is 11.1. The number of carbonyl (C=O) groups is 1. The molecule has 0 aromatic heterocycles. The lowest BCUT2D eigenvalue weighted by Crippen LogP contribution is -2.28. The van der Waals surface area contributed by atoms with Crippen molar-refractivity contribution in [3.8, 4) is 5.75 Å². The molecule has 0 radical (unpaired) electrons. The molecule has 1 aromatic rings. The Morgan fingerprint density at radius 1 is 1.40 bits per heavy atom. The number of ether oxygens (including phenoxy) is 1. The summed E-state index contributed by atoms with van der Waals surface area (Å²) in [7, 11) is 0. The lowest BCUT2D eigenvalue weighted by atomic mass is 10.1. The second kappa shape index (κ2) is 5.70. The van der Waals surface area contributed by atoms with Gasteiger partial charge in [0.2, 0.25) is 5.91 Å². The molecule has 2 unspecified atom stereocenters. The Kier molecular flexibility index (Phi) is 4.17. The third-order valence-electron chi connectivity index (χ3n) is 3.08.